The van der Waals surface area contributed by atoms with Crippen molar-refractivity contribution in [3.8, 4) is 5.75 Å². The van der Waals surface area contributed by atoms with Gasteiger partial charge in [-0.3, -0.25) is 14.7 Å². The van der Waals surface area contributed by atoms with Crippen molar-refractivity contribution in [2.24, 2.45) is 5.92 Å². The third-order valence-electron chi connectivity index (χ3n) is 5.49. The number of nitrogens with zero attached hydrogens (tertiary/aromatic N) is 4. The van der Waals surface area contributed by atoms with E-state index in [1.54, 1.807) is 11.8 Å². The van der Waals surface area contributed by atoms with E-state index in [0.29, 0.717) is 23.9 Å². The minimum atomic E-state index is -0.220. The van der Waals surface area contributed by atoms with E-state index in [1.165, 1.54) is 17.0 Å². The van der Waals surface area contributed by atoms with E-state index in [-0.39, 0.29) is 23.9 Å². The summed E-state index contributed by atoms with van der Waals surface area (Å²) in [5, 5.41) is 2.99. The maximum absolute atomic E-state index is 13.4. The van der Waals surface area contributed by atoms with Crippen LogP contribution in [0.1, 0.15) is 50.5 Å². The summed E-state index contributed by atoms with van der Waals surface area (Å²) in [4.78, 5) is 36.1. The lowest BCUT2D eigenvalue weighted by Gasteiger charge is -2.29. The van der Waals surface area contributed by atoms with E-state index in [9.17, 15) is 9.59 Å². The Balaban J connectivity index is 1.66. The van der Waals surface area contributed by atoms with Crippen molar-refractivity contribution in [3.05, 3.63) is 52.2 Å². The van der Waals surface area contributed by atoms with Gasteiger partial charge in [-0.05, 0) is 51.0 Å². The number of aromatic amines is 1. The van der Waals surface area contributed by atoms with Crippen molar-refractivity contribution >= 4 is 17.4 Å². The quantitative estimate of drug-likeness (QED) is 0.675. The summed E-state index contributed by atoms with van der Waals surface area (Å²) in [5.74, 6) is 1.70. The molecule has 1 aliphatic rings. The van der Waals surface area contributed by atoms with Crippen molar-refractivity contribution in [3.63, 3.8) is 0 Å². The number of carbonyl (C=O) groups excluding carboxylic acids is 1. The molecule has 1 saturated carbocycles. The van der Waals surface area contributed by atoms with Crippen molar-refractivity contribution in [2.75, 3.05) is 11.5 Å². The summed E-state index contributed by atoms with van der Waals surface area (Å²) in [5.41, 5.74) is 1.17. The molecule has 1 aromatic carbocycles. The van der Waals surface area contributed by atoms with Crippen LogP contribution in [0.25, 0.3) is 5.78 Å². The second kappa shape index (κ2) is 8.69. The third-order valence-corrected chi connectivity index (χ3v) is 5.49. The van der Waals surface area contributed by atoms with Gasteiger partial charge in [-0.15, -0.1) is 0 Å². The smallest absolute Gasteiger partial charge is 0.274 e. The van der Waals surface area contributed by atoms with Gasteiger partial charge in [0.25, 0.3) is 11.3 Å². The minimum Gasteiger partial charge on any atom is -0.494 e. The molecule has 0 saturated heterocycles. The van der Waals surface area contributed by atoms with Gasteiger partial charge in [0.15, 0.2) is 0 Å². The van der Waals surface area contributed by atoms with E-state index in [4.69, 9.17) is 4.74 Å². The zero-order valence-corrected chi connectivity index (χ0v) is 17.4. The summed E-state index contributed by atoms with van der Waals surface area (Å²) in [6, 6.07) is 8.97. The lowest BCUT2D eigenvalue weighted by Crippen LogP contribution is -2.37. The minimum absolute atomic E-state index is 0.0118. The largest absolute Gasteiger partial charge is 0.494 e. The molecule has 1 aliphatic carbocycles. The number of fused-ring (bicyclic) bond motifs is 1. The topological polar surface area (TPSA) is 92.6 Å². The van der Waals surface area contributed by atoms with Crippen molar-refractivity contribution in [1.29, 1.82) is 0 Å². The Bertz CT molecular complexity index is 1080. The molecule has 0 radical (unpaired) electrons. The normalized spacial score (nSPS) is 14.7. The van der Waals surface area contributed by atoms with Crippen LogP contribution in [0.5, 0.6) is 5.75 Å². The predicted molar refractivity (Wildman–Crippen MR) is 114 cm³/mol. The molecule has 1 N–H and O–H groups in total. The average molecular weight is 409 g/mol. The number of aryl methyl sites for hydroxylation is 1. The fraction of sp³-hybridized carbons (Fsp3) is 0.455. The van der Waals surface area contributed by atoms with Crippen LogP contribution >= 0.6 is 0 Å². The van der Waals surface area contributed by atoms with Gasteiger partial charge in [-0.1, -0.05) is 19.3 Å². The van der Waals surface area contributed by atoms with Gasteiger partial charge >= 0.3 is 0 Å². The molecule has 0 atom stereocenters. The highest BCUT2D eigenvalue weighted by atomic mass is 16.5. The van der Waals surface area contributed by atoms with E-state index >= 15 is 0 Å². The number of amides is 1. The summed E-state index contributed by atoms with van der Waals surface area (Å²) < 4.78 is 6.84. The molecule has 0 spiro atoms. The molecule has 158 valence electrons. The standard InChI is InChI=1S/C22H27N5O3/c1-3-30-18-11-9-17(10-12-18)26(21(29)16-7-5-4-6-8-16)14-19-24-22-23-15(2)13-20(28)27(22)25-19/h9-13,16H,3-8,14H2,1-2H3,(H,23,24,25). The van der Waals surface area contributed by atoms with Crippen molar-refractivity contribution < 1.29 is 9.53 Å². The first-order valence-corrected chi connectivity index (χ1v) is 10.5. The monoisotopic (exact) mass is 409 g/mol. The SMILES string of the molecule is CCOc1ccc(N(Cc2nc3nc(C)cc(=O)n3[nH]2)C(=O)C2CCCCC2)cc1. The van der Waals surface area contributed by atoms with Gasteiger partial charge in [0.1, 0.15) is 11.6 Å². The zero-order valence-electron chi connectivity index (χ0n) is 17.4. The summed E-state index contributed by atoms with van der Waals surface area (Å²) in [6.45, 7) is 4.52. The Hall–Kier alpha value is -3.16. The van der Waals surface area contributed by atoms with Crippen LogP contribution in [0.2, 0.25) is 0 Å². The first kappa shape index (κ1) is 20.1. The Morgan fingerprint density at radius 1 is 1.20 bits per heavy atom. The molecule has 0 unspecified atom stereocenters. The summed E-state index contributed by atoms with van der Waals surface area (Å²) in [7, 11) is 0. The maximum Gasteiger partial charge on any atom is 0.274 e. The molecular weight excluding hydrogens is 382 g/mol. The number of hydrogen-bond donors (Lipinski definition) is 1. The number of benzene rings is 1. The van der Waals surface area contributed by atoms with Crippen LogP contribution in [0.4, 0.5) is 5.69 Å². The highest BCUT2D eigenvalue weighted by Gasteiger charge is 2.28. The highest BCUT2D eigenvalue weighted by molar-refractivity contribution is 5.95. The highest BCUT2D eigenvalue weighted by Crippen LogP contribution is 2.29. The van der Waals surface area contributed by atoms with Gasteiger partial charge in [-0.2, -0.15) is 9.50 Å². The predicted octanol–water partition coefficient (Wildman–Crippen LogP) is 3.24. The van der Waals surface area contributed by atoms with Crippen LogP contribution in [0, 0.1) is 12.8 Å². The molecule has 2 aromatic heterocycles. The fourth-order valence-corrected chi connectivity index (χ4v) is 4.01. The molecule has 1 fully saturated rings. The lowest BCUT2D eigenvalue weighted by molar-refractivity contribution is -0.123. The Morgan fingerprint density at radius 2 is 1.93 bits per heavy atom. The zero-order chi connectivity index (χ0) is 21.1. The van der Waals surface area contributed by atoms with Gasteiger partial charge < -0.3 is 9.64 Å². The van der Waals surface area contributed by atoms with Crippen LogP contribution in [0.3, 0.4) is 0 Å². The maximum atomic E-state index is 13.4. The third kappa shape index (κ3) is 4.22. The number of nitrogens with one attached hydrogen (secondary N) is 1. The Morgan fingerprint density at radius 3 is 2.63 bits per heavy atom. The molecule has 0 aliphatic heterocycles. The van der Waals surface area contributed by atoms with Gasteiger partial charge in [0.05, 0.1) is 13.2 Å². The number of H-pyrrole nitrogens is 1. The van der Waals surface area contributed by atoms with Crippen molar-refractivity contribution in [2.45, 2.75) is 52.5 Å². The lowest BCUT2D eigenvalue weighted by atomic mass is 9.88. The van der Waals surface area contributed by atoms with E-state index in [1.807, 2.05) is 31.2 Å². The second-order valence-corrected chi connectivity index (χ2v) is 7.73. The van der Waals surface area contributed by atoms with E-state index < -0.39 is 0 Å². The first-order valence-electron chi connectivity index (χ1n) is 10.5. The number of anilines is 1. The molecule has 8 nitrogen and oxygen atoms in total. The van der Waals surface area contributed by atoms with Crippen molar-refractivity contribution in [1.82, 2.24) is 19.6 Å². The van der Waals surface area contributed by atoms with Crippen LogP contribution < -0.4 is 15.2 Å². The van der Waals surface area contributed by atoms with Crippen LogP contribution in [-0.2, 0) is 11.3 Å². The van der Waals surface area contributed by atoms with Gasteiger partial charge in [0.2, 0.25) is 5.91 Å². The molecule has 8 heteroatoms. The van der Waals surface area contributed by atoms with Crippen LogP contribution in [-0.4, -0.2) is 32.1 Å². The van der Waals surface area contributed by atoms with Crippen LogP contribution in [0.15, 0.2) is 35.1 Å². The first-order chi connectivity index (χ1) is 14.5. The number of aromatic nitrogens is 4. The molecule has 3 aromatic rings. The van der Waals surface area contributed by atoms with E-state index in [0.717, 1.165) is 37.1 Å². The number of rotatable bonds is 6. The van der Waals surface area contributed by atoms with Gasteiger partial charge in [0, 0.05) is 23.4 Å². The summed E-state index contributed by atoms with van der Waals surface area (Å²) in [6.07, 6.45) is 5.16. The molecule has 2 heterocycles. The summed E-state index contributed by atoms with van der Waals surface area (Å²) >= 11 is 0. The molecule has 4 rings (SSSR count). The molecule has 1 amide bonds. The van der Waals surface area contributed by atoms with E-state index in [2.05, 4.69) is 15.1 Å². The van der Waals surface area contributed by atoms with Gasteiger partial charge in [-0.25, -0.2) is 4.98 Å². The molecule has 30 heavy (non-hydrogen) atoms. The molecule has 0 bridgehead atoms. The second-order valence-electron chi connectivity index (χ2n) is 7.73. The molecular formula is C22H27N5O3. The Labute approximate surface area is 174 Å². The fourth-order valence-electron chi connectivity index (χ4n) is 4.01. The number of carbonyl (C=O) groups is 1. The Kier molecular flexibility index (Phi) is 5.83. The number of hydrogen-bond acceptors (Lipinski definition) is 5. The average Bonchev–Trinajstić information content (AvgIpc) is 3.16. The number of ether oxygens (including phenoxy) is 1.